The molecular formula is C98H93N3O23S5. The first-order valence-electron chi connectivity index (χ1n) is 40.9. The van der Waals surface area contributed by atoms with E-state index in [-0.39, 0.29) is 143 Å². The van der Waals surface area contributed by atoms with Gasteiger partial charge in [-0.1, -0.05) is 255 Å². The second-order valence-corrected chi connectivity index (χ2v) is 41.2. The number of carbonyl (C=O) groups excluding carboxylic acids is 11. The van der Waals surface area contributed by atoms with Gasteiger partial charge in [-0.2, -0.15) is 8.42 Å². The third-order valence-corrected chi connectivity index (χ3v) is 30.4. The molecule has 5 saturated heterocycles. The lowest BCUT2D eigenvalue weighted by Gasteiger charge is -2.20. The summed E-state index contributed by atoms with van der Waals surface area (Å²) in [4.78, 5) is 123. The van der Waals surface area contributed by atoms with E-state index in [0.717, 1.165) is 64.2 Å². The van der Waals surface area contributed by atoms with E-state index in [1.807, 2.05) is 235 Å². The van der Waals surface area contributed by atoms with Gasteiger partial charge in [-0.3, -0.25) is 57.0 Å². The highest BCUT2D eigenvalue weighted by Gasteiger charge is 2.41. The maximum Gasteiger partial charge on any atom is 0.326 e. The number of ether oxygens (including phenoxy) is 2. The first kappa shape index (κ1) is 96.4. The Labute approximate surface area is 749 Å². The number of carbonyl (C=O) groups is 11. The zero-order chi connectivity index (χ0) is 92.6. The van der Waals surface area contributed by atoms with Crippen molar-refractivity contribution >= 4 is 137 Å². The van der Waals surface area contributed by atoms with Crippen molar-refractivity contribution < 1.29 is 104 Å². The lowest BCUT2D eigenvalue weighted by molar-refractivity contribution is -0.124. The lowest BCUT2D eigenvalue weighted by Crippen LogP contribution is -2.29. The lowest BCUT2D eigenvalue weighted by atomic mass is 9.97. The molecule has 3 aliphatic carbocycles. The number of rotatable bonds is 14. The van der Waals surface area contributed by atoms with E-state index in [9.17, 15) is 94.8 Å². The van der Waals surface area contributed by atoms with E-state index in [2.05, 4.69) is 0 Å². The molecule has 0 bridgehead atoms. The summed E-state index contributed by atoms with van der Waals surface area (Å²) in [6.45, 7) is -0.395. The second-order valence-electron chi connectivity index (χ2n) is 31.2. The third kappa shape index (κ3) is 27.2. The summed E-state index contributed by atoms with van der Waals surface area (Å²) in [7, 11) is -14.3. The molecule has 668 valence electrons. The number of anilines is 2. The fourth-order valence-electron chi connectivity index (χ4n) is 15.1. The van der Waals surface area contributed by atoms with Crippen molar-refractivity contribution in [1.82, 2.24) is 4.72 Å². The number of nitrogens with zero attached hydrogens (tertiary/aromatic N) is 2. The van der Waals surface area contributed by atoms with Gasteiger partial charge in [0, 0.05) is 50.0 Å². The van der Waals surface area contributed by atoms with Gasteiger partial charge in [-0.05, 0) is 105 Å². The Hall–Kier alpha value is -13.2. The van der Waals surface area contributed by atoms with Gasteiger partial charge in [0.05, 0.1) is 72.7 Å². The number of sulfone groups is 3. The fraction of sp³-hybridized carbons (Fsp3) is 0.235. The van der Waals surface area contributed by atoms with Gasteiger partial charge >= 0.3 is 10.2 Å². The molecule has 1 N–H and O–H groups in total. The van der Waals surface area contributed by atoms with Crippen molar-refractivity contribution in [3.8, 4) is 33.8 Å². The SMILES string of the molecule is COc1ccc(-c2ccccc2)cc1N1CC(=O)CS1(=O)=O.COc1ccc(-c2ccccc2)cc1N1CC(=O)NS1(=O)=O.O=C1C/C(=C/c2ccccc2)S(=O)(=O)C1.O=C1CC(=O)/C(=C\c2ccccc2)C1.O=C1CC(=O)C(Cc2ccccc2)C1.O=C1CC(=O)C(c2ccccc2)C1.O=C1CC(Cc2ccccc2)S(=O)(=O)C1.O=C1CC(c2ccccc2)S(=O)(=O)C1. The Kier molecular flexibility index (Phi) is 32.9. The van der Waals surface area contributed by atoms with Crippen LogP contribution in [0.15, 0.2) is 290 Å². The second kappa shape index (κ2) is 44.0. The Bertz CT molecular complexity index is 6350. The topological polar surface area (TPSA) is 395 Å². The van der Waals surface area contributed by atoms with E-state index in [0.29, 0.717) is 60.6 Å². The van der Waals surface area contributed by atoms with Crippen LogP contribution in [0.25, 0.3) is 34.4 Å². The molecule has 0 radical (unpaired) electrons. The molecule has 18 rings (SSSR count). The number of hydrogen-bond acceptors (Lipinski definition) is 23. The minimum Gasteiger partial charge on any atom is -0.495 e. The largest absolute Gasteiger partial charge is 0.495 e. The van der Waals surface area contributed by atoms with Crippen molar-refractivity contribution in [2.45, 2.75) is 87.0 Å². The smallest absolute Gasteiger partial charge is 0.326 e. The van der Waals surface area contributed by atoms with Crippen molar-refractivity contribution in [1.29, 1.82) is 0 Å². The van der Waals surface area contributed by atoms with Crippen LogP contribution < -0.4 is 22.8 Å². The average Bonchev–Trinajstić information content (AvgIpc) is 1.59. The van der Waals surface area contributed by atoms with Crippen LogP contribution in [-0.4, -0.2) is 161 Å². The standard InChI is InChI=1S/C16H15NO4S.C15H14N2O4S.C12H12O2.C12H10O2.C11H12O3S.C11H10O3S.C11H10O2.C10H10O3S/c1-21-16-8-7-13(12-5-3-2-4-6-12)9-15(16)17-10-14(18)11-22(17,19)20;1-21-14-8-7-12(11-5-3-2-4-6-11)9-13(14)17-10-15(18)16-22(17,19)20;2*13-11-7-10(12(14)8-11)6-9-4-2-1-3-5-9;2*12-10-7-11(15(13,14)8-10)6-9-4-2-1-3-5-9;12-9-6-10(11(13)7-9)8-4-2-1-3-5-8;11-9-6-10(14(12,13)7-9)8-4-2-1-3-5-8/h2-9H,10-11H2,1H3;2-9H,10H2,1H3,(H,16,18);1-5,10H,6-8H2;1-6H,7-8H2;1-5,11H,6-8H2;1-6H,7-8H2;1-5,10H,6-7H2;1-5,10H,6-7H2/b;;;10-6-;;11-6-;;. The first-order valence-corrected chi connectivity index (χ1v) is 49.0. The highest BCUT2D eigenvalue weighted by molar-refractivity contribution is 7.96. The summed E-state index contributed by atoms with van der Waals surface area (Å²) in [5.74, 6) is -1.89. The molecule has 4 unspecified atom stereocenters. The molecule has 3 saturated carbocycles. The van der Waals surface area contributed by atoms with E-state index < -0.39 is 71.9 Å². The van der Waals surface area contributed by atoms with Gasteiger partial charge in [0.15, 0.2) is 46.9 Å². The first-order chi connectivity index (χ1) is 61.5. The molecule has 5 aliphatic heterocycles. The van der Waals surface area contributed by atoms with E-state index >= 15 is 0 Å². The molecule has 31 heteroatoms. The van der Waals surface area contributed by atoms with Crippen LogP contribution in [-0.2, 0) is 115 Å². The quantitative estimate of drug-likeness (QED) is 0.0780. The highest BCUT2D eigenvalue weighted by Crippen LogP contribution is 2.39. The van der Waals surface area contributed by atoms with Crippen molar-refractivity contribution in [2.75, 3.05) is 58.9 Å². The summed E-state index contributed by atoms with van der Waals surface area (Å²) in [5, 5.41) is -1.12. The number of amides is 1. The number of benzene rings is 10. The highest BCUT2D eigenvalue weighted by atomic mass is 32.2. The summed E-state index contributed by atoms with van der Waals surface area (Å²) in [6.07, 6.45) is 6.37. The minimum absolute atomic E-state index is 0.0252. The molecule has 4 atom stereocenters. The molecule has 10 aromatic carbocycles. The maximum absolute atomic E-state index is 12.1. The van der Waals surface area contributed by atoms with Gasteiger partial charge in [-0.25, -0.2) is 42.7 Å². The van der Waals surface area contributed by atoms with Crippen LogP contribution >= 0.6 is 0 Å². The summed E-state index contributed by atoms with van der Waals surface area (Å²) >= 11 is 0. The Morgan fingerprint density at radius 2 is 0.814 bits per heavy atom. The van der Waals surface area contributed by atoms with Gasteiger partial charge < -0.3 is 9.47 Å². The number of hydrogen-bond donors (Lipinski definition) is 1. The van der Waals surface area contributed by atoms with Crippen LogP contribution in [0, 0.1) is 5.92 Å². The zero-order valence-electron chi connectivity index (χ0n) is 70.4. The maximum atomic E-state index is 12.1. The number of Topliss-reactive ketones (excluding diaryl/α,β-unsaturated/α-hetero) is 10. The average molecular weight is 1840 g/mol. The van der Waals surface area contributed by atoms with Crippen LogP contribution in [0.3, 0.4) is 0 Å². The summed E-state index contributed by atoms with van der Waals surface area (Å²) in [6, 6.07) is 86.1. The number of allylic oxidation sites excluding steroid dienone is 2. The van der Waals surface area contributed by atoms with Crippen LogP contribution in [0.4, 0.5) is 11.4 Å². The molecule has 8 aliphatic rings. The Morgan fingerprint density at radius 1 is 0.364 bits per heavy atom. The number of ketones is 10. The minimum atomic E-state index is -3.87. The molecule has 8 fully saturated rings. The van der Waals surface area contributed by atoms with Crippen molar-refractivity contribution in [3.05, 3.63) is 323 Å². The predicted octanol–water partition coefficient (Wildman–Crippen LogP) is 12.6. The number of nitrogens with one attached hydrogen (secondary N) is 1. The summed E-state index contributed by atoms with van der Waals surface area (Å²) < 4.78 is 132. The number of methoxy groups -OCH3 is 2. The zero-order valence-corrected chi connectivity index (χ0v) is 74.5. The molecule has 5 heterocycles. The van der Waals surface area contributed by atoms with Gasteiger partial charge in [0.1, 0.15) is 81.5 Å². The molecule has 1 amide bonds. The monoisotopic (exact) mass is 1840 g/mol. The van der Waals surface area contributed by atoms with Crippen LogP contribution in [0.5, 0.6) is 11.5 Å². The number of sulfonamides is 1. The van der Waals surface area contributed by atoms with Crippen LogP contribution in [0.1, 0.15) is 102 Å². The third-order valence-electron chi connectivity index (χ3n) is 21.5. The van der Waals surface area contributed by atoms with Gasteiger partial charge in [0.2, 0.25) is 10.0 Å². The fourth-order valence-corrected chi connectivity index (χ4v) is 22.6. The van der Waals surface area contributed by atoms with E-state index in [4.69, 9.17) is 9.47 Å². The Balaban J connectivity index is 0.000000144. The van der Waals surface area contributed by atoms with E-state index in [1.165, 1.54) is 14.2 Å². The molecule has 10 aromatic rings. The molecule has 129 heavy (non-hydrogen) atoms. The normalized spacial score (nSPS) is 20.5. The Morgan fingerprint density at radius 3 is 1.22 bits per heavy atom. The summed E-state index contributed by atoms with van der Waals surface area (Å²) in [5.41, 5.74) is 10.6. The van der Waals surface area contributed by atoms with Crippen molar-refractivity contribution in [2.24, 2.45) is 5.92 Å². The molecular weight excluding hydrogens is 1750 g/mol. The molecule has 26 nitrogen and oxygen atoms in total. The van der Waals surface area contributed by atoms with Crippen LogP contribution in [0.2, 0.25) is 0 Å². The molecule has 0 spiro atoms. The van der Waals surface area contributed by atoms with Gasteiger partial charge in [-0.15, -0.1) is 0 Å². The van der Waals surface area contributed by atoms with E-state index in [1.54, 1.807) is 60.7 Å². The predicted molar refractivity (Wildman–Crippen MR) is 490 cm³/mol. The van der Waals surface area contributed by atoms with Crippen molar-refractivity contribution in [3.63, 3.8) is 0 Å². The van der Waals surface area contributed by atoms with Gasteiger partial charge in [0.25, 0.3) is 5.91 Å². The molecule has 0 aromatic heterocycles.